The lowest BCUT2D eigenvalue weighted by Gasteiger charge is -2.06. The minimum atomic E-state index is -0.224. The van der Waals surface area contributed by atoms with E-state index in [0.29, 0.717) is 34.1 Å². The normalized spacial score (nSPS) is 10.9. The zero-order chi connectivity index (χ0) is 23.5. The number of anilines is 1. The Kier molecular flexibility index (Phi) is 6.37. The molecule has 0 unspecified atom stereocenters. The Balaban J connectivity index is 1.46. The van der Waals surface area contributed by atoms with Crippen LogP contribution in [-0.2, 0) is 11.2 Å². The summed E-state index contributed by atoms with van der Waals surface area (Å²) in [5.41, 5.74) is 5.11. The molecule has 2 aromatic heterocycles. The molecule has 4 aromatic rings. The van der Waals surface area contributed by atoms with Crippen molar-refractivity contribution in [3.05, 3.63) is 86.6 Å². The second kappa shape index (κ2) is 9.38. The van der Waals surface area contributed by atoms with E-state index >= 15 is 0 Å². The van der Waals surface area contributed by atoms with E-state index < -0.39 is 0 Å². The van der Waals surface area contributed by atoms with Gasteiger partial charge in [0.15, 0.2) is 5.78 Å². The van der Waals surface area contributed by atoms with Gasteiger partial charge in [-0.1, -0.05) is 42.0 Å². The number of carbonyl (C=O) groups excluding carboxylic acids is 2. The topological polar surface area (TPSA) is 96.8 Å². The third-order valence-electron chi connectivity index (χ3n) is 5.38. The number of aromatic nitrogens is 3. The number of nitrogens with zero attached hydrogens (tertiary/aromatic N) is 2. The highest BCUT2D eigenvalue weighted by Crippen LogP contribution is 2.24. The molecule has 1 amide bonds. The van der Waals surface area contributed by atoms with E-state index in [4.69, 9.17) is 0 Å². The average Bonchev–Trinajstić information content (AvgIpc) is 3.38. The largest absolute Gasteiger partial charge is 0.326 e. The number of hydrogen-bond donors (Lipinski definition) is 2. The fourth-order valence-corrected chi connectivity index (χ4v) is 4.30. The van der Waals surface area contributed by atoms with Crippen molar-refractivity contribution in [2.24, 2.45) is 0 Å². The summed E-state index contributed by atoms with van der Waals surface area (Å²) in [4.78, 5) is 41.6. The number of Topliss-reactive ketones (excluding diaryl/α,β-unsaturated/α-hetero) is 1. The van der Waals surface area contributed by atoms with E-state index in [1.165, 1.54) is 28.5 Å². The maximum atomic E-state index is 13.0. The van der Waals surface area contributed by atoms with Crippen molar-refractivity contribution in [3.63, 3.8) is 0 Å². The Morgan fingerprint density at radius 2 is 1.88 bits per heavy atom. The third-order valence-corrected chi connectivity index (χ3v) is 6.20. The number of nitrogens with one attached hydrogen (secondary N) is 2. The van der Waals surface area contributed by atoms with E-state index in [1.54, 1.807) is 24.3 Å². The van der Waals surface area contributed by atoms with Crippen LogP contribution in [0.1, 0.15) is 40.5 Å². The molecule has 0 aliphatic heterocycles. The number of benzene rings is 2. The van der Waals surface area contributed by atoms with Gasteiger partial charge in [0.1, 0.15) is 0 Å². The van der Waals surface area contributed by atoms with Gasteiger partial charge in [0, 0.05) is 39.9 Å². The van der Waals surface area contributed by atoms with Gasteiger partial charge in [-0.15, -0.1) is 11.3 Å². The minimum absolute atomic E-state index is 0.0673. The number of aryl methyl sites for hydroxylation is 2. The van der Waals surface area contributed by atoms with Crippen LogP contribution in [-0.4, -0.2) is 26.5 Å². The molecule has 0 atom stereocenters. The molecule has 0 saturated heterocycles. The predicted octanol–water partition coefficient (Wildman–Crippen LogP) is 4.68. The average molecular weight is 461 g/mol. The molecule has 2 N–H and O–H groups in total. The van der Waals surface area contributed by atoms with E-state index in [1.807, 2.05) is 43.5 Å². The van der Waals surface area contributed by atoms with Crippen molar-refractivity contribution in [3.8, 4) is 16.4 Å². The van der Waals surface area contributed by atoms with Crippen molar-refractivity contribution < 1.29 is 9.59 Å². The maximum Gasteiger partial charge on any atom is 0.276 e. The van der Waals surface area contributed by atoms with Crippen LogP contribution in [0, 0.1) is 13.8 Å². The lowest BCUT2D eigenvalue weighted by molar-refractivity contribution is -0.116. The molecule has 4 rings (SSSR count). The number of carbonyl (C=O) groups is 2. The number of thiazole rings is 1. The van der Waals surface area contributed by atoms with Crippen LogP contribution in [0.3, 0.4) is 0 Å². The van der Waals surface area contributed by atoms with Gasteiger partial charge in [-0.3, -0.25) is 19.5 Å². The summed E-state index contributed by atoms with van der Waals surface area (Å²) in [6.45, 7) is 5.32. The molecule has 0 aliphatic rings. The van der Waals surface area contributed by atoms with Gasteiger partial charge in [0.25, 0.3) is 5.56 Å². The number of H-pyrrole nitrogens is 1. The van der Waals surface area contributed by atoms with Gasteiger partial charge < -0.3 is 5.32 Å². The van der Waals surface area contributed by atoms with Crippen LogP contribution < -0.4 is 10.9 Å². The monoisotopic (exact) mass is 460 g/mol. The quantitative estimate of drug-likeness (QED) is 0.391. The minimum Gasteiger partial charge on any atom is -0.326 e. The van der Waals surface area contributed by atoms with Crippen molar-refractivity contribution in [2.45, 2.75) is 33.6 Å². The van der Waals surface area contributed by atoms with E-state index in [0.717, 1.165) is 11.3 Å². The molecule has 8 heteroatoms. The van der Waals surface area contributed by atoms with Gasteiger partial charge in [0.2, 0.25) is 11.0 Å². The molecule has 0 aliphatic carbocycles. The standard InChI is InChI=1S/C25H24N4O3S/c1-15-7-9-18(10-8-15)22-14-33-25(27-22)29-24(32)21(16(2)28-29)11-12-23(31)26-20-6-4-5-19(13-20)17(3)30/h4-10,13-14,28H,11-12H2,1-3H3,(H,26,31). The second-order valence-corrected chi connectivity index (χ2v) is 8.76. The first-order valence-corrected chi connectivity index (χ1v) is 11.4. The predicted molar refractivity (Wildman–Crippen MR) is 130 cm³/mol. The van der Waals surface area contributed by atoms with Crippen LogP contribution in [0.2, 0.25) is 0 Å². The lowest BCUT2D eigenvalue weighted by atomic mass is 10.1. The summed E-state index contributed by atoms with van der Waals surface area (Å²) in [7, 11) is 0. The number of hydrogen-bond acceptors (Lipinski definition) is 5. The SMILES string of the molecule is CC(=O)c1cccc(NC(=O)CCc2c(C)[nH]n(-c3nc(-c4ccc(C)cc4)cs3)c2=O)c1. The molecular formula is C25H24N4O3S. The van der Waals surface area contributed by atoms with E-state index in [2.05, 4.69) is 15.4 Å². The van der Waals surface area contributed by atoms with Crippen molar-refractivity contribution >= 4 is 28.7 Å². The fourth-order valence-electron chi connectivity index (χ4n) is 3.51. The Morgan fingerprint density at radius 1 is 1.12 bits per heavy atom. The van der Waals surface area contributed by atoms with Gasteiger partial charge in [-0.05, 0) is 39.3 Å². The third kappa shape index (κ3) is 5.01. The Labute approximate surface area is 195 Å². The van der Waals surface area contributed by atoms with Crippen molar-refractivity contribution in [1.29, 1.82) is 0 Å². The molecular weight excluding hydrogens is 436 g/mol. The molecule has 0 fully saturated rings. The smallest absolute Gasteiger partial charge is 0.276 e. The first-order valence-electron chi connectivity index (χ1n) is 10.6. The molecule has 0 saturated carbocycles. The molecule has 0 bridgehead atoms. The Morgan fingerprint density at radius 3 is 2.61 bits per heavy atom. The van der Waals surface area contributed by atoms with E-state index in [9.17, 15) is 14.4 Å². The van der Waals surface area contributed by atoms with Gasteiger partial charge in [-0.2, -0.15) is 4.68 Å². The van der Waals surface area contributed by atoms with Crippen molar-refractivity contribution in [2.75, 3.05) is 5.32 Å². The Bertz CT molecular complexity index is 1380. The van der Waals surface area contributed by atoms with Crippen LogP contribution >= 0.6 is 11.3 Å². The molecule has 7 nitrogen and oxygen atoms in total. The molecule has 0 radical (unpaired) electrons. The maximum absolute atomic E-state index is 13.0. The zero-order valence-corrected chi connectivity index (χ0v) is 19.5. The summed E-state index contributed by atoms with van der Waals surface area (Å²) >= 11 is 1.38. The van der Waals surface area contributed by atoms with Crippen LogP contribution in [0.25, 0.3) is 16.4 Å². The molecule has 168 valence electrons. The number of rotatable bonds is 7. The summed E-state index contributed by atoms with van der Waals surface area (Å²) in [6, 6.07) is 14.9. The summed E-state index contributed by atoms with van der Waals surface area (Å²) in [5.74, 6) is -0.291. The number of aromatic amines is 1. The lowest BCUT2D eigenvalue weighted by Crippen LogP contribution is -2.19. The highest BCUT2D eigenvalue weighted by atomic mass is 32.1. The summed E-state index contributed by atoms with van der Waals surface area (Å²) in [5, 5.41) is 8.34. The molecule has 0 spiro atoms. The van der Waals surface area contributed by atoms with Gasteiger partial charge in [-0.25, -0.2) is 4.98 Å². The van der Waals surface area contributed by atoms with Gasteiger partial charge >= 0.3 is 0 Å². The molecule has 2 heterocycles. The second-order valence-electron chi connectivity index (χ2n) is 7.92. The molecule has 2 aromatic carbocycles. The van der Waals surface area contributed by atoms with Crippen molar-refractivity contribution in [1.82, 2.24) is 14.8 Å². The number of ketones is 1. The number of amides is 1. The Hall–Kier alpha value is -3.78. The van der Waals surface area contributed by atoms with Crippen LogP contribution in [0.4, 0.5) is 5.69 Å². The highest BCUT2D eigenvalue weighted by Gasteiger charge is 2.16. The van der Waals surface area contributed by atoms with Crippen LogP contribution in [0.5, 0.6) is 0 Å². The van der Waals surface area contributed by atoms with E-state index in [-0.39, 0.29) is 23.7 Å². The summed E-state index contributed by atoms with van der Waals surface area (Å²) < 4.78 is 1.43. The van der Waals surface area contributed by atoms with Gasteiger partial charge in [0.05, 0.1) is 5.69 Å². The van der Waals surface area contributed by atoms with Crippen LogP contribution in [0.15, 0.2) is 58.7 Å². The first-order chi connectivity index (χ1) is 15.8. The first kappa shape index (κ1) is 22.4. The fraction of sp³-hybridized carbons (Fsp3) is 0.200. The highest BCUT2D eigenvalue weighted by molar-refractivity contribution is 7.12. The zero-order valence-electron chi connectivity index (χ0n) is 18.6. The molecule has 33 heavy (non-hydrogen) atoms. The summed E-state index contributed by atoms with van der Waals surface area (Å²) in [6.07, 6.45) is 0.438.